The van der Waals surface area contributed by atoms with Crippen molar-refractivity contribution in [2.45, 2.75) is 57.8 Å². The third kappa shape index (κ3) is 2.55. The molecule has 0 aliphatic carbocycles. The van der Waals surface area contributed by atoms with Gasteiger partial charge in [-0.15, -0.1) is 0 Å². The summed E-state index contributed by atoms with van der Waals surface area (Å²) in [5.74, 6) is 0. The maximum atomic E-state index is 9.77. The summed E-state index contributed by atoms with van der Waals surface area (Å²) >= 11 is 0. The van der Waals surface area contributed by atoms with Crippen molar-refractivity contribution in [3.8, 4) is 0 Å². The average Bonchev–Trinajstić information content (AvgIpc) is 2.31. The molecule has 0 spiro atoms. The minimum Gasteiger partial charge on any atom is -0.388 e. The van der Waals surface area contributed by atoms with Crippen LogP contribution in [0.3, 0.4) is 0 Å². The predicted molar refractivity (Wildman–Crippen MR) is 53.6 cm³/mol. The van der Waals surface area contributed by atoms with Gasteiger partial charge in [-0.1, -0.05) is 12.2 Å². The van der Waals surface area contributed by atoms with E-state index in [4.69, 9.17) is 4.74 Å². The van der Waals surface area contributed by atoms with Gasteiger partial charge in [0.2, 0.25) is 0 Å². The Morgan fingerprint density at radius 2 is 2.15 bits per heavy atom. The monoisotopic (exact) mass is 184 g/mol. The topological polar surface area (TPSA) is 29.5 Å². The molecule has 0 aromatic rings. The first-order chi connectivity index (χ1) is 5.87. The number of ether oxygens (including phenoxy) is 1. The summed E-state index contributed by atoms with van der Waals surface area (Å²) in [4.78, 5) is 0. The first-order valence-electron chi connectivity index (χ1n) is 4.91. The normalized spacial score (nSPS) is 35.9. The van der Waals surface area contributed by atoms with E-state index in [0.717, 1.165) is 12.8 Å². The van der Waals surface area contributed by atoms with E-state index in [0.29, 0.717) is 0 Å². The predicted octanol–water partition coefficient (Wildman–Crippen LogP) is 2.27. The second kappa shape index (κ2) is 3.43. The van der Waals surface area contributed by atoms with Gasteiger partial charge in [0.25, 0.3) is 0 Å². The third-order valence-electron chi connectivity index (χ3n) is 2.62. The first-order valence-corrected chi connectivity index (χ1v) is 4.91. The van der Waals surface area contributed by atoms with Gasteiger partial charge in [-0.05, 0) is 40.5 Å². The van der Waals surface area contributed by atoms with Crippen LogP contribution in [0.4, 0.5) is 0 Å². The van der Waals surface area contributed by atoms with Crippen molar-refractivity contribution in [3.63, 3.8) is 0 Å². The third-order valence-corrected chi connectivity index (χ3v) is 2.62. The Hall–Kier alpha value is -0.340. The number of hydrogen-bond acceptors (Lipinski definition) is 2. The van der Waals surface area contributed by atoms with Gasteiger partial charge in [-0.25, -0.2) is 0 Å². The average molecular weight is 184 g/mol. The minimum absolute atomic E-state index is 0.0336. The summed E-state index contributed by atoms with van der Waals surface area (Å²) in [6.07, 6.45) is 5.97. The van der Waals surface area contributed by atoms with Gasteiger partial charge < -0.3 is 9.84 Å². The van der Waals surface area contributed by atoms with E-state index in [2.05, 4.69) is 13.0 Å². The highest BCUT2D eigenvalue weighted by molar-refractivity contribution is 5.04. The number of allylic oxidation sites excluding steroid dienone is 1. The Morgan fingerprint density at radius 3 is 2.54 bits per heavy atom. The molecule has 1 N–H and O–H groups in total. The highest BCUT2D eigenvalue weighted by atomic mass is 16.5. The van der Waals surface area contributed by atoms with Crippen molar-refractivity contribution >= 4 is 0 Å². The Balaban J connectivity index is 2.63. The molecule has 76 valence electrons. The van der Waals surface area contributed by atoms with Gasteiger partial charge in [0.15, 0.2) is 0 Å². The molecular formula is C11H20O2. The van der Waals surface area contributed by atoms with Gasteiger partial charge in [-0.2, -0.15) is 0 Å². The van der Waals surface area contributed by atoms with Crippen molar-refractivity contribution in [3.05, 3.63) is 12.2 Å². The molecule has 0 aromatic carbocycles. The molecule has 2 heteroatoms. The Bertz CT molecular complexity index is 203. The van der Waals surface area contributed by atoms with Crippen LogP contribution >= 0.6 is 0 Å². The minimum atomic E-state index is -0.723. The molecule has 0 bridgehead atoms. The summed E-state index contributed by atoms with van der Waals surface area (Å²) in [6, 6.07) is 0. The van der Waals surface area contributed by atoms with E-state index in [-0.39, 0.29) is 11.7 Å². The summed E-state index contributed by atoms with van der Waals surface area (Å²) in [7, 11) is 0. The van der Waals surface area contributed by atoms with Crippen LogP contribution in [0.15, 0.2) is 12.2 Å². The summed E-state index contributed by atoms with van der Waals surface area (Å²) in [5.41, 5.74) is -0.890. The van der Waals surface area contributed by atoms with Crippen LogP contribution in [0.5, 0.6) is 0 Å². The van der Waals surface area contributed by atoms with Crippen molar-refractivity contribution in [2.75, 3.05) is 0 Å². The quantitative estimate of drug-likeness (QED) is 0.667. The van der Waals surface area contributed by atoms with Gasteiger partial charge in [-0.3, -0.25) is 0 Å². The van der Waals surface area contributed by atoms with Crippen LogP contribution in [-0.2, 0) is 4.74 Å². The van der Waals surface area contributed by atoms with Crippen LogP contribution in [0.25, 0.3) is 0 Å². The highest BCUT2D eigenvalue weighted by Gasteiger charge is 2.40. The lowest BCUT2D eigenvalue weighted by Crippen LogP contribution is -2.37. The smallest absolute Gasteiger partial charge is 0.0869 e. The van der Waals surface area contributed by atoms with Crippen molar-refractivity contribution in [2.24, 2.45) is 0 Å². The first kappa shape index (κ1) is 10.7. The van der Waals surface area contributed by atoms with Crippen LogP contribution in [-0.4, -0.2) is 22.4 Å². The fourth-order valence-electron chi connectivity index (χ4n) is 1.83. The molecule has 0 radical (unpaired) electrons. The molecule has 1 aliphatic rings. The maximum Gasteiger partial charge on any atom is 0.0869 e. The Kier molecular flexibility index (Phi) is 2.83. The molecule has 0 amide bonds. The summed E-state index contributed by atoms with van der Waals surface area (Å²) in [5, 5.41) is 9.77. The molecule has 1 heterocycles. The van der Waals surface area contributed by atoms with Crippen molar-refractivity contribution < 1.29 is 9.84 Å². The van der Waals surface area contributed by atoms with E-state index < -0.39 is 5.60 Å². The fraction of sp³-hybridized carbons (Fsp3) is 0.818. The van der Waals surface area contributed by atoms with E-state index in [1.165, 1.54) is 0 Å². The standard InChI is InChI=1S/C11H20O2/c1-5-7-11(4)8-6-9(13-11)10(2,3)12/h5,7,9,12H,6,8H2,1-4H3/b7-5+. The molecule has 0 aromatic heterocycles. The lowest BCUT2D eigenvalue weighted by Gasteiger charge is -2.28. The lowest BCUT2D eigenvalue weighted by atomic mass is 9.97. The van der Waals surface area contributed by atoms with Gasteiger partial charge >= 0.3 is 0 Å². The van der Waals surface area contributed by atoms with Crippen LogP contribution in [0.2, 0.25) is 0 Å². The zero-order chi connectivity index (χ0) is 10.1. The number of hydrogen-bond donors (Lipinski definition) is 1. The summed E-state index contributed by atoms with van der Waals surface area (Å²) in [6.45, 7) is 7.67. The van der Waals surface area contributed by atoms with Crippen LogP contribution < -0.4 is 0 Å². The van der Waals surface area contributed by atoms with Crippen molar-refractivity contribution in [1.29, 1.82) is 0 Å². The molecule has 0 saturated carbocycles. The number of rotatable bonds is 2. The molecule has 2 nitrogen and oxygen atoms in total. The highest BCUT2D eigenvalue weighted by Crippen LogP contribution is 2.35. The van der Waals surface area contributed by atoms with Crippen LogP contribution in [0, 0.1) is 0 Å². The van der Waals surface area contributed by atoms with E-state index in [1.54, 1.807) is 13.8 Å². The molecule has 1 rings (SSSR count). The Morgan fingerprint density at radius 1 is 1.54 bits per heavy atom. The second-order valence-electron chi connectivity index (χ2n) is 4.61. The van der Waals surface area contributed by atoms with E-state index >= 15 is 0 Å². The zero-order valence-corrected chi connectivity index (χ0v) is 9.00. The molecule has 2 unspecified atom stereocenters. The Labute approximate surface area is 80.6 Å². The van der Waals surface area contributed by atoms with E-state index in [9.17, 15) is 5.11 Å². The number of aliphatic hydroxyl groups is 1. The SMILES string of the molecule is C/C=C/C1(C)CCC(C(C)(C)O)O1. The second-order valence-corrected chi connectivity index (χ2v) is 4.61. The van der Waals surface area contributed by atoms with Crippen LogP contribution in [0.1, 0.15) is 40.5 Å². The van der Waals surface area contributed by atoms with Crippen molar-refractivity contribution in [1.82, 2.24) is 0 Å². The maximum absolute atomic E-state index is 9.77. The van der Waals surface area contributed by atoms with Gasteiger partial charge in [0.05, 0.1) is 17.3 Å². The van der Waals surface area contributed by atoms with E-state index in [1.807, 2.05) is 13.0 Å². The van der Waals surface area contributed by atoms with Gasteiger partial charge in [0.1, 0.15) is 0 Å². The summed E-state index contributed by atoms with van der Waals surface area (Å²) < 4.78 is 5.82. The fourth-order valence-corrected chi connectivity index (χ4v) is 1.83. The largest absolute Gasteiger partial charge is 0.388 e. The zero-order valence-electron chi connectivity index (χ0n) is 9.00. The molecule has 1 fully saturated rings. The molecular weight excluding hydrogens is 164 g/mol. The molecule has 13 heavy (non-hydrogen) atoms. The molecule has 2 atom stereocenters. The van der Waals surface area contributed by atoms with Gasteiger partial charge in [0, 0.05) is 0 Å². The lowest BCUT2D eigenvalue weighted by molar-refractivity contribution is -0.0998. The molecule has 1 saturated heterocycles. The molecule has 1 aliphatic heterocycles.